The molecule has 0 saturated carbocycles. The van der Waals surface area contributed by atoms with E-state index in [0.29, 0.717) is 12.5 Å². The molecule has 1 aliphatic heterocycles. The van der Waals surface area contributed by atoms with Crippen molar-refractivity contribution in [1.29, 1.82) is 0 Å². The number of para-hydroxylation sites is 1. The third-order valence-electron chi connectivity index (χ3n) is 4.25. The first-order chi connectivity index (χ1) is 12.6. The number of hydrogen-bond acceptors (Lipinski definition) is 3. The van der Waals surface area contributed by atoms with E-state index in [-0.39, 0.29) is 5.91 Å². The maximum absolute atomic E-state index is 12.7. The molecule has 0 aliphatic carbocycles. The summed E-state index contributed by atoms with van der Waals surface area (Å²) in [5, 5.41) is 0.798. The van der Waals surface area contributed by atoms with E-state index in [2.05, 4.69) is 19.9 Å². The minimum atomic E-state index is -0.0122. The molecule has 4 heteroatoms. The number of rotatable bonds is 4. The molecule has 1 aliphatic rings. The fourth-order valence-corrected chi connectivity index (χ4v) is 3.82. The zero-order valence-corrected chi connectivity index (χ0v) is 16.1. The zero-order valence-electron chi connectivity index (χ0n) is 15.3. The van der Waals surface area contributed by atoms with Crippen LogP contribution in [0.5, 0.6) is 0 Å². The highest BCUT2D eigenvalue weighted by Crippen LogP contribution is 2.29. The maximum atomic E-state index is 12.7. The number of amides is 1. The monoisotopic (exact) mass is 364 g/mol. The van der Waals surface area contributed by atoms with Crippen molar-refractivity contribution in [2.75, 3.05) is 12.3 Å². The molecule has 26 heavy (non-hydrogen) atoms. The van der Waals surface area contributed by atoms with Crippen LogP contribution in [0.4, 0.5) is 5.69 Å². The second kappa shape index (κ2) is 8.86. The smallest absolute Gasteiger partial charge is 0.252 e. The van der Waals surface area contributed by atoms with Gasteiger partial charge in [0.05, 0.1) is 5.69 Å². The van der Waals surface area contributed by atoms with Gasteiger partial charge in [-0.3, -0.25) is 9.69 Å². The van der Waals surface area contributed by atoms with Gasteiger partial charge < -0.3 is 0 Å². The van der Waals surface area contributed by atoms with Crippen LogP contribution in [0.1, 0.15) is 37.3 Å². The average molecular weight is 365 g/mol. The van der Waals surface area contributed by atoms with Gasteiger partial charge in [0.15, 0.2) is 5.17 Å². The normalized spacial score (nSPS) is 16.6. The Hall–Kier alpha value is -2.33. The molecule has 3 nitrogen and oxygen atoms in total. The fourth-order valence-electron chi connectivity index (χ4n) is 2.86. The lowest BCUT2D eigenvalue weighted by atomic mass is 10.0. The Kier molecular flexibility index (Phi) is 6.29. The van der Waals surface area contributed by atoms with Crippen molar-refractivity contribution in [1.82, 2.24) is 4.90 Å². The van der Waals surface area contributed by atoms with E-state index in [9.17, 15) is 4.79 Å². The summed E-state index contributed by atoms with van der Waals surface area (Å²) in [5.41, 5.74) is 3.18. The quantitative estimate of drug-likeness (QED) is 0.673. The van der Waals surface area contributed by atoms with E-state index in [1.54, 1.807) is 22.7 Å². The Morgan fingerprint density at radius 1 is 1.12 bits per heavy atom. The first-order valence-electron chi connectivity index (χ1n) is 9.00. The van der Waals surface area contributed by atoms with Crippen LogP contribution in [-0.2, 0) is 4.79 Å². The number of carbonyl (C=O) groups excluding carboxylic acids is 1. The third kappa shape index (κ3) is 4.64. The molecule has 0 unspecified atom stereocenters. The molecule has 0 radical (unpaired) electrons. The van der Waals surface area contributed by atoms with Crippen LogP contribution in [0.3, 0.4) is 0 Å². The number of nitrogens with zero attached hydrogens (tertiary/aromatic N) is 2. The highest BCUT2D eigenvalue weighted by atomic mass is 32.2. The molecule has 1 heterocycles. The maximum Gasteiger partial charge on any atom is 0.252 e. The largest absolute Gasteiger partial charge is 0.288 e. The Bertz CT molecular complexity index is 812. The predicted molar refractivity (Wildman–Crippen MR) is 112 cm³/mol. The van der Waals surface area contributed by atoms with E-state index >= 15 is 0 Å². The van der Waals surface area contributed by atoms with Crippen LogP contribution in [0, 0.1) is 0 Å². The lowest BCUT2D eigenvalue weighted by Gasteiger charge is -2.27. The second-order valence-corrected chi connectivity index (χ2v) is 7.61. The predicted octanol–water partition coefficient (Wildman–Crippen LogP) is 5.48. The van der Waals surface area contributed by atoms with Crippen LogP contribution in [0.15, 0.2) is 65.7 Å². The summed E-state index contributed by atoms with van der Waals surface area (Å²) in [4.78, 5) is 19.4. The van der Waals surface area contributed by atoms with E-state index < -0.39 is 0 Å². The van der Waals surface area contributed by atoms with Gasteiger partial charge in [-0.1, -0.05) is 74.1 Å². The topological polar surface area (TPSA) is 32.7 Å². The van der Waals surface area contributed by atoms with E-state index in [1.807, 2.05) is 54.6 Å². The molecular formula is C22H24N2OS. The van der Waals surface area contributed by atoms with Gasteiger partial charge in [-0.25, -0.2) is 4.99 Å². The van der Waals surface area contributed by atoms with Crippen LogP contribution < -0.4 is 0 Å². The number of amidine groups is 1. The van der Waals surface area contributed by atoms with Crippen molar-refractivity contribution in [3.05, 3.63) is 71.8 Å². The average Bonchev–Trinajstić information content (AvgIpc) is 2.67. The number of thioether (sulfide) groups is 1. The van der Waals surface area contributed by atoms with Crippen molar-refractivity contribution in [3.63, 3.8) is 0 Å². The molecule has 2 aromatic rings. The SMILES string of the molecule is CC(C)c1ccccc1N=C1SCCCN1C(=O)/C=C/c1ccccc1. The van der Waals surface area contributed by atoms with Gasteiger partial charge in [0.2, 0.25) is 0 Å². The van der Waals surface area contributed by atoms with Crippen LogP contribution in [0.25, 0.3) is 6.08 Å². The molecule has 1 saturated heterocycles. The highest BCUT2D eigenvalue weighted by Gasteiger charge is 2.22. The third-order valence-corrected chi connectivity index (χ3v) is 5.31. The first-order valence-corrected chi connectivity index (χ1v) is 9.99. The second-order valence-electron chi connectivity index (χ2n) is 6.54. The molecular weight excluding hydrogens is 340 g/mol. The van der Waals surface area contributed by atoms with Crippen LogP contribution in [-0.4, -0.2) is 28.3 Å². The number of hydrogen-bond donors (Lipinski definition) is 0. The molecule has 0 spiro atoms. The molecule has 0 atom stereocenters. The summed E-state index contributed by atoms with van der Waals surface area (Å²) >= 11 is 1.66. The molecule has 0 aromatic heterocycles. The molecule has 1 fully saturated rings. The van der Waals surface area contributed by atoms with Crippen LogP contribution >= 0.6 is 11.8 Å². The summed E-state index contributed by atoms with van der Waals surface area (Å²) in [6.07, 6.45) is 4.49. The standard InChI is InChI=1S/C22H24N2OS/c1-17(2)19-11-6-7-12-20(19)23-22-24(15-8-16-26-22)21(25)14-13-18-9-4-3-5-10-18/h3-7,9-14,17H,8,15-16H2,1-2H3/b14-13+,23-22?. The van der Waals surface area contributed by atoms with Gasteiger partial charge in [-0.2, -0.15) is 0 Å². The van der Waals surface area contributed by atoms with Gasteiger partial charge in [0, 0.05) is 18.4 Å². The van der Waals surface area contributed by atoms with Gasteiger partial charge in [0.1, 0.15) is 0 Å². The molecule has 0 bridgehead atoms. The van der Waals surface area contributed by atoms with Gasteiger partial charge >= 0.3 is 0 Å². The molecule has 3 rings (SSSR count). The molecule has 2 aromatic carbocycles. The van der Waals surface area contributed by atoms with Crippen molar-refractivity contribution in [2.24, 2.45) is 4.99 Å². The van der Waals surface area contributed by atoms with Crippen molar-refractivity contribution in [2.45, 2.75) is 26.2 Å². The summed E-state index contributed by atoms with van der Waals surface area (Å²) < 4.78 is 0. The van der Waals surface area contributed by atoms with Crippen molar-refractivity contribution in [3.8, 4) is 0 Å². The number of benzene rings is 2. The van der Waals surface area contributed by atoms with E-state index in [4.69, 9.17) is 4.99 Å². The van der Waals surface area contributed by atoms with Crippen molar-refractivity contribution < 1.29 is 4.79 Å². The highest BCUT2D eigenvalue weighted by molar-refractivity contribution is 8.13. The zero-order chi connectivity index (χ0) is 18.4. The van der Waals surface area contributed by atoms with Gasteiger partial charge in [-0.05, 0) is 35.6 Å². The summed E-state index contributed by atoms with van der Waals surface area (Å²) in [5.74, 6) is 1.38. The first kappa shape index (κ1) is 18.5. The Morgan fingerprint density at radius 3 is 2.62 bits per heavy atom. The molecule has 1 amide bonds. The fraction of sp³-hybridized carbons (Fsp3) is 0.273. The van der Waals surface area contributed by atoms with Crippen molar-refractivity contribution >= 4 is 34.6 Å². The van der Waals surface area contributed by atoms with Crippen LogP contribution in [0.2, 0.25) is 0 Å². The van der Waals surface area contributed by atoms with E-state index in [1.165, 1.54) is 5.56 Å². The molecule has 134 valence electrons. The van der Waals surface area contributed by atoms with Gasteiger partial charge in [-0.15, -0.1) is 0 Å². The number of aliphatic imine (C=N–C) groups is 1. The summed E-state index contributed by atoms with van der Waals surface area (Å²) in [7, 11) is 0. The minimum absolute atomic E-state index is 0.0122. The Balaban J connectivity index is 1.84. The molecule has 0 N–H and O–H groups in total. The van der Waals surface area contributed by atoms with Gasteiger partial charge in [0.25, 0.3) is 5.91 Å². The minimum Gasteiger partial charge on any atom is -0.288 e. The number of carbonyl (C=O) groups is 1. The Labute approximate surface area is 159 Å². The summed E-state index contributed by atoms with van der Waals surface area (Å²) in [6.45, 7) is 5.05. The summed E-state index contributed by atoms with van der Waals surface area (Å²) in [6, 6.07) is 18.1. The lowest BCUT2D eigenvalue weighted by Crippen LogP contribution is -2.38. The lowest BCUT2D eigenvalue weighted by molar-refractivity contribution is -0.122. The Morgan fingerprint density at radius 2 is 1.85 bits per heavy atom. The van der Waals surface area contributed by atoms with E-state index in [0.717, 1.165) is 28.6 Å².